The first-order valence-corrected chi connectivity index (χ1v) is 2.61. The lowest BCUT2D eigenvalue weighted by Gasteiger charge is -1.99. The molecule has 0 amide bonds. The second-order valence-corrected chi connectivity index (χ2v) is 1.97. The Hall–Kier alpha value is -0.130. The Bertz CT molecular complexity index is 113. The normalized spacial score (nSPS) is 11.7. The molecule has 4 nitrogen and oxygen atoms in total. The van der Waals surface area contributed by atoms with Crippen molar-refractivity contribution in [3.05, 3.63) is 0 Å². The highest BCUT2D eigenvalue weighted by Gasteiger charge is 1.77. The van der Waals surface area contributed by atoms with Crippen LogP contribution in [0.3, 0.4) is 0 Å². The van der Waals surface area contributed by atoms with Crippen LogP contribution in [0, 0.1) is 0 Å². The van der Waals surface area contributed by atoms with Crippen molar-refractivity contribution < 1.29 is 13.0 Å². The largest absolute Gasteiger partial charge is 0.735 e. The second-order valence-electron chi connectivity index (χ2n) is 0.658. The fourth-order valence-corrected chi connectivity index (χ4v) is 0. The summed E-state index contributed by atoms with van der Waals surface area (Å²) in [4.78, 5) is 0. The molecule has 5 heteroatoms. The average molecular weight is 110 g/mol. The van der Waals surface area contributed by atoms with Gasteiger partial charge in [-0.1, -0.05) is 0 Å². The molecule has 0 aromatic rings. The van der Waals surface area contributed by atoms with Crippen molar-refractivity contribution in [3.63, 3.8) is 0 Å². The minimum atomic E-state index is -4.16. The maximum Gasteiger partial charge on any atom is 0.159 e. The SMILES string of the molecule is CNS(=O)(=O)[O-]. The molecule has 0 spiro atoms. The Morgan fingerprint density at radius 3 is 1.83 bits per heavy atom. The first-order valence-electron chi connectivity index (χ1n) is 1.20. The number of hydrogen-bond donors (Lipinski definition) is 1. The minimum Gasteiger partial charge on any atom is -0.735 e. The van der Waals surface area contributed by atoms with Gasteiger partial charge in [0.1, 0.15) is 0 Å². The quantitative estimate of drug-likeness (QED) is 0.425. The first kappa shape index (κ1) is 5.87. The van der Waals surface area contributed by atoms with Crippen LogP contribution in [0.5, 0.6) is 0 Å². The summed E-state index contributed by atoms with van der Waals surface area (Å²) < 4.78 is 29.5. The van der Waals surface area contributed by atoms with Gasteiger partial charge in [0.15, 0.2) is 10.3 Å². The molecule has 0 aliphatic rings. The molecule has 0 fully saturated rings. The molecule has 0 atom stereocenters. The van der Waals surface area contributed by atoms with Crippen LogP contribution in [0.25, 0.3) is 0 Å². The summed E-state index contributed by atoms with van der Waals surface area (Å²) in [5.41, 5.74) is 0. The molecule has 0 aromatic carbocycles. The van der Waals surface area contributed by atoms with Crippen molar-refractivity contribution in [2.45, 2.75) is 0 Å². The Balaban J connectivity index is 3.85. The van der Waals surface area contributed by atoms with Crippen LogP contribution >= 0.6 is 0 Å². The van der Waals surface area contributed by atoms with Crippen LogP contribution in [0.1, 0.15) is 0 Å². The van der Waals surface area contributed by atoms with Crippen LogP contribution in [0.4, 0.5) is 0 Å². The van der Waals surface area contributed by atoms with Gasteiger partial charge in [0, 0.05) is 0 Å². The minimum absolute atomic E-state index is 1.06. The lowest BCUT2D eigenvalue weighted by atomic mass is 11.6. The zero-order valence-corrected chi connectivity index (χ0v) is 3.95. The third kappa shape index (κ3) is 3.87. The molecule has 0 heterocycles. The monoisotopic (exact) mass is 110 g/mol. The zero-order chi connectivity index (χ0) is 5.21. The van der Waals surface area contributed by atoms with E-state index in [9.17, 15) is 13.0 Å². The van der Waals surface area contributed by atoms with Gasteiger partial charge in [-0.25, -0.2) is 13.1 Å². The van der Waals surface area contributed by atoms with Crippen molar-refractivity contribution >= 4 is 10.3 Å². The summed E-state index contributed by atoms with van der Waals surface area (Å²) in [5, 5.41) is 0. The summed E-state index contributed by atoms with van der Waals surface area (Å²) in [5.74, 6) is 0. The maximum absolute atomic E-state index is 9.33. The van der Waals surface area contributed by atoms with Crippen molar-refractivity contribution in [2.24, 2.45) is 0 Å². The van der Waals surface area contributed by atoms with Crippen molar-refractivity contribution in [1.82, 2.24) is 4.72 Å². The summed E-state index contributed by atoms with van der Waals surface area (Å²) >= 11 is 0. The van der Waals surface area contributed by atoms with Crippen LogP contribution in [-0.2, 0) is 10.3 Å². The van der Waals surface area contributed by atoms with E-state index >= 15 is 0 Å². The molecule has 0 saturated carbocycles. The van der Waals surface area contributed by atoms with E-state index in [4.69, 9.17) is 0 Å². The van der Waals surface area contributed by atoms with E-state index in [1.807, 2.05) is 0 Å². The molecule has 0 bridgehead atoms. The molecular weight excluding hydrogens is 106 g/mol. The van der Waals surface area contributed by atoms with Gasteiger partial charge in [-0.15, -0.1) is 0 Å². The summed E-state index contributed by atoms with van der Waals surface area (Å²) in [6.45, 7) is 0. The van der Waals surface area contributed by atoms with Crippen molar-refractivity contribution in [3.8, 4) is 0 Å². The van der Waals surface area contributed by atoms with E-state index in [0.717, 1.165) is 7.05 Å². The van der Waals surface area contributed by atoms with Gasteiger partial charge in [-0.05, 0) is 7.05 Å². The fourth-order valence-electron chi connectivity index (χ4n) is 0. The average Bonchev–Trinajstić information content (AvgIpc) is 1.35. The van der Waals surface area contributed by atoms with Crippen molar-refractivity contribution in [1.29, 1.82) is 0 Å². The van der Waals surface area contributed by atoms with Crippen LogP contribution in [-0.4, -0.2) is 20.0 Å². The van der Waals surface area contributed by atoms with Gasteiger partial charge in [-0.3, -0.25) is 0 Å². The molecule has 38 valence electrons. The van der Waals surface area contributed by atoms with Crippen molar-refractivity contribution in [2.75, 3.05) is 7.05 Å². The van der Waals surface area contributed by atoms with E-state index in [1.165, 1.54) is 4.72 Å². The van der Waals surface area contributed by atoms with E-state index in [1.54, 1.807) is 0 Å². The van der Waals surface area contributed by atoms with Gasteiger partial charge in [0.2, 0.25) is 0 Å². The predicted molar refractivity (Wildman–Crippen MR) is 18.8 cm³/mol. The summed E-state index contributed by atoms with van der Waals surface area (Å²) in [6, 6.07) is 0. The standard InChI is InChI=1S/CH5NO3S/c1-2-6(3,4)5/h2H,1H3,(H,3,4,5)/p-1. The Kier molecular flexibility index (Phi) is 1.51. The van der Waals surface area contributed by atoms with E-state index in [-0.39, 0.29) is 0 Å². The second kappa shape index (κ2) is 1.55. The van der Waals surface area contributed by atoms with Crippen LogP contribution in [0.2, 0.25) is 0 Å². The topological polar surface area (TPSA) is 69.2 Å². The fraction of sp³-hybridized carbons (Fsp3) is 1.00. The molecule has 1 N–H and O–H groups in total. The van der Waals surface area contributed by atoms with Gasteiger partial charge in [0.25, 0.3) is 0 Å². The number of rotatable bonds is 1. The molecule has 0 aliphatic carbocycles. The number of nitrogens with one attached hydrogen (secondary N) is 1. The zero-order valence-electron chi connectivity index (χ0n) is 3.13. The number of hydrogen-bond acceptors (Lipinski definition) is 3. The maximum atomic E-state index is 9.33. The highest BCUT2D eigenvalue weighted by molar-refractivity contribution is 7.83. The highest BCUT2D eigenvalue weighted by atomic mass is 32.2. The van der Waals surface area contributed by atoms with Gasteiger partial charge < -0.3 is 4.55 Å². The molecule has 0 radical (unpaired) electrons. The Morgan fingerprint density at radius 2 is 1.83 bits per heavy atom. The molecule has 0 aromatic heterocycles. The highest BCUT2D eigenvalue weighted by Crippen LogP contribution is 1.60. The summed E-state index contributed by atoms with van der Waals surface area (Å²) in [6.07, 6.45) is 0. The molecular formula is CH4NO3S-. The smallest absolute Gasteiger partial charge is 0.159 e. The Labute approximate surface area is 36.1 Å². The molecule has 0 saturated heterocycles. The van der Waals surface area contributed by atoms with Gasteiger partial charge >= 0.3 is 0 Å². The first-order chi connectivity index (χ1) is 2.56. The third-order valence-electron chi connectivity index (χ3n) is 0.250. The molecule has 0 rings (SSSR count). The predicted octanol–water partition coefficient (Wildman–Crippen LogP) is -1.33. The lowest BCUT2D eigenvalue weighted by molar-refractivity contribution is 0.454. The van der Waals surface area contributed by atoms with Gasteiger partial charge in [-0.2, -0.15) is 0 Å². The molecule has 0 aliphatic heterocycles. The Morgan fingerprint density at radius 1 is 1.67 bits per heavy atom. The van der Waals surface area contributed by atoms with E-state index < -0.39 is 10.3 Å². The van der Waals surface area contributed by atoms with Crippen LogP contribution < -0.4 is 4.72 Å². The van der Waals surface area contributed by atoms with Crippen LogP contribution in [0.15, 0.2) is 0 Å². The van der Waals surface area contributed by atoms with E-state index in [0.29, 0.717) is 0 Å². The summed E-state index contributed by atoms with van der Waals surface area (Å²) in [7, 11) is -3.10. The molecule has 6 heavy (non-hydrogen) atoms. The molecule has 0 unspecified atom stereocenters. The van der Waals surface area contributed by atoms with Gasteiger partial charge in [0.05, 0.1) is 0 Å². The van der Waals surface area contributed by atoms with E-state index in [2.05, 4.69) is 0 Å². The lowest BCUT2D eigenvalue weighted by Crippen LogP contribution is -2.16. The third-order valence-corrected chi connectivity index (χ3v) is 0.750.